The summed E-state index contributed by atoms with van der Waals surface area (Å²) >= 11 is 0. The first-order chi connectivity index (χ1) is 36.6. The van der Waals surface area contributed by atoms with Crippen LogP contribution in [-0.4, -0.2) is 47.4 Å². The van der Waals surface area contributed by atoms with Gasteiger partial charge in [-0.05, 0) is 170 Å². The highest BCUT2D eigenvalue weighted by Gasteiger charge is 2.72. The molecule has 10 aliphatic carbocycles. The smallest absolute Gasteiger partial charge is 0.305 e. The van der Waals surface area contributed by atoms with Gasteiger partial charge in [0, 0.05) is 54.7 Å². The molecule has 0 aromatic heterocycles. The van der Waals surface area contributed by atoms with Gasteiger partial charge in [0.15, 0.2) is 23.1 Å². The van der Waals surface area contributed by atoms with Crippen molar-refractivity contribution < 1.29 is 36.6 Å². The third kappa shape index (κ3) is 8.33. The highest BCUT2D eigenvalue weighted by atomic mass is 16.5. The third-order valence-corrected chi connectivity index (χ3v) is 25.3. The summed E-state index contributed by atoms with van der Waals surface area (Å²) in [7, 11) is 2.50. The van der Waals surface area contributed by atoms with Crippen LogP contribution in [0.5, 0.6) is 0 Å². The topological polar surface area (TPSA) is 124 Å². The Bertz CT molecular complexity index is 2730. The number of esters is 1. The molecule has 10 aliphatic rings. The molecule has 6 fully saturated rings. The van der Waals surface area contributed by atoms with Crippen molar-refractivity contribution in [3.05, 3.63) is 69.7 Å². The molecule has 0 heterocycles. The molecule has 0 aromatic carbocycles. The Hall–Kier alpha value is -3.95. The minimum absolute atomic E-state index is 0.0551. The van der Waals surface area contributed by atoms with Crippen LogP contribution in [-0.2, 0) is 28.7 Å². The monoisotopic (exact) mass is 1060 g/mol. The predicted molar refractivity (Wildman–Crippen MR) is 306 cm³/mol. The van der Waals surface area contributed by atoms with Crippen LogP contribution in [0.3, 0.4) is 0 Å². The highest BCUT2D eigenvalue weighted by Crippen LogP contribution is 2.77. The molecule has 0 spiro atoms. The van der Waals surface area contributed by atoms with Gasteiger partial charge in [-0.3, -0.25) is 14.4 Å². The van der Waals surface area contributed by atoms with Gasteiger partial charge in [0.2, 0.25) is 11.4 Å². The van der Waals surface area contributed by atoms with E-state index in [0.717, 1.165) is 107 Å². The van der Waals surface area contributed by atoms with E-state index in [9.17, 15) is 29.1 Å². The van der Waals surface area contributed by atoms with E-state index in [2.05, 4.69) is 78.9 Å². The Morgan fingerprint density at radius 3 is 1.38 bits per heavy atom. The number of ether oxygens (including phenoxy) is 1. The second-order valence-electron chi connectivity index (χ2n) is 30.8. The van der Waals surface area contributed by atoms with E-state index in [1.165, 1.54) is 14.8 Å². The lowest BCUT2D eigenvalue weighted by Crippen LogP contribution is -2.65. The molecule has 77 heavy (non-hydrogen) atoms. The van der Waals surface area contributed by atoms with Gasteiger partial charge in [-0.2, -0.15) is 0 Å². The van der Waals surface area contributed by atoms with Gasteiger partial charge in [0.25, 0.3) is 0 Å². The summed E-state index contributed by atoms with van der Waals surface area (Å²) < 4.78 is 17.4. The zero-order valence-corrected chi connectivity index (χ0v) is 50.8. The molecule has 0 aliphatic heterocycles. The molecule has 0 amide bonds. The SMILES string of the molecule is [3H]C.[3H]C.[C-]#[N+]C1=C[C@]2(C)C3=CC(=O)[C@@H]4[C@@H]5CC(C)(C)CC[C@]5(CO)CC[C@@]4(C)[C@]3(C)CC[C@H]2C(C)(C)C1=O.[C-]#[N+]C1=C[C@]2(C)C3=CC(=O)[C@@H]4[C@@H]5CC(C)(C)CC[C@]5(COC(=O)CCC)CC[C@@]4(C)[C@]3(C)CC[C@H]2C(C)(C)C1=O. The van der Waals surface area contributed by atoms with Gasteiger partial charge in [0.1, 0.15) is 0 Å². The average Bonchev–Trinajstić information content (AvgIpc) is 3.04. The van der Waals surface area contributed by atoms with Crippen molar-refractivity contribution >= 4 is 29.1 Å². The van der Waals surface area contributed by atoms with Crippen molar-refractivity contribution in [2.45, 2.75) is 221 Å². The Labute approximate surface area is 468 Å². The van der Waals surface area contributed by atoms with Crippen molar-refractivity contribution in [1.82, 2.24) is 0 Å². The molecule has 0 saturated heterocycles. The molecule has 6 saturated carbocycles. The van der Waals surface area contributed by atoms with Crippen molar-refractivity contribution in [2.75, 3.05) is 13.2 Å². The summed E-state index contributed by atoms with van der Waals surface area (Å²) in [6.07, 6.45) is 22.6. The maximum atomic E-state index is 14.5. The summed E-state index contributed by atoms with van der Waals surface area (Å²) in [5, 5.41) is 10.6. The Balaban J connectivity index is 0.000000217. The predicted octanol–water partition coefficient (Wildman–Crippen LogP) is 15.7. The van der Waals surface area contributed by atoms with E-state index in [0.29, 0.717) is 13.0 Å². The fourth-order valence-electron chi connectivity index (χ4n) is 20.4. The van der Waals surface area contributed by atoms with Crippen LogP contribution >= 0.6 is 0 Å². The van der Waals surface area contributed by atoms with Crippen LogP contribution in [0.25, 0.3) is 9.69 Å². The van der Waals surface area contributed by atoms with E-state index in [1.807, 2.05) is 58.9 Å². The molecule has 9 heteroatoms. The fourth-order valence-corrected chi connectivity index (χ4v) is 20.4. The molecular weight excluding hydrogens is 957 g/mol. The fraction of sp³-hybridized carbons (Fsp3) is 0.779. The van der Waals surface area contributed by atoms with Crippen molar-refractivity contribution in [3.8, 4) is 0 Å². The number of carbonyl (C=O) groups excluding carboxylic acids is 5. The molecule has 9 nitrogen and oxygen atoms in total. The molecule has 0 bridgehead atoms. The number of hydrogen-bond acceptors (Lipinski definition) is 7. The molecule has 0 aromatic rings. The van der Waals surface area contributed by atoms with Gasteiger partial charge in [0.05, 0.1) is 19.8 Å². The van der Waals surface area contributed by atoms with E-state index in [4.69, 9.17) is 20.6 Å². The normalized spacial score (nSPS) is 44.3. The first-order valence-electron chi connectivity index (χ1n) is 31.2. The number of fused-ring (bicyclic) bond motifs is 14. The Kier molecular flexibility index (Phi) is 14.3. The number of aliphatic hydroxyl groups is 1. The highest BCUT2D eigenvalue weighted by molar-refractivity contribution is 6.04. The summed E-state index contributed by atoms with van der Waals surface area (Å²) in [5.74, 6) is 0.462. The van der Waals surface area contributed by atoms with E-state index in [-0.39, 0.29) is 126 Å². The summed E-state index contributed by atoms with van der Waals surface area (Å²) in [6, 6.07) is 0. The van der Waals surface area contributed by atoms with Crippen LogP contribution in [0, 0.1) is 114 Å². The van der Waals surface area contributed by atoms with Crippen molar-refractivity contribution in [3.63, 3.8) is 0 Å². The Morgan fingerprint density at radius 1 is 0.610 bits per heavy atom. The largest absolute Gasteiger partial charge is 0.465 e. The minimum Gasteiger partial charge on any atom is -0.465 e. The molecule has 1 N–H and O–H groups in total. The van der Waals surface area contributed by atoms with E-state index < -0.39 is 21.7 Å². The van der Waals surface area contributed by atoms with Crippen LogP contribution in [0.4, 0.5) is 0 Å². The molecule has 424 valence electrons. The summed E-state index contributed by atoms with van der Waals surface area (Å²) in [4.78, 5) is 75.0. The van der Waals surface area contributed by atoms with Crippen LogP contribution < -0.4 is 0 Å². The first kappa shape index (κ1) is 57.7. The van der Waals surface area contributed by atoms with Gasteiger partial charge in [-0.25, -0.2) is 9.69 Å². The maximum absolute atomic E-state index is 14.5. The lowest BCUT2D eigenvalue weighted by Gasteiger charge is -2.69. The number of nitrogens with zero attached hydrogens (tertiary/aromatic N) is 2. The van der Waals surface area contributed by atoms with Gasteiger partial charge in [-0.15, -0.1) is 0 Å². The molecular formula is C68H100N2O7. The van der Waals surface area contributed by atoms with E-state index in [1.54, 1.807) is 0 Å². The van der Waals surface area contributed by atoms with Crippen LogP contribution in [0.2, 0.25) is 0 Å². The van der Waals surface area contributed by atoms with Crippen LogP contribution in [0.15, 0.2) is 46.8 Å². The van der Waals surface area contributed by atoms with Gasteiger partial charge < -0.3 is 19.4 Å². The molecule has 14 atom stereocenters. The number of hydrogen-bond donors (Lipinski definition) is 1. The van der Waals surface area contributed by atoms with E-state index >= 15 is 0 Å². The molecule has 0 radical (unpaired) electrons. The minimum atomic E-state index is -0.649. The number of ketones is 4. The average molecular weight is 1060 g/mol. The Morgan fingerprint density at radius 2 is 0.987 bits per heavy atom. The molecule has 0 unspecified atom stereocenters. The number of rotatable bonds is 5. The van der Waals surface area contributed by atoms with Gasteiger partial charge >= 0.3 is 5.97 Å². The number of carbonyl (C=O) groups is 5. The number of aliphatic hydroxyl groups excluding tert-OH is 1. The second-order valence-corrected chi connectivity index (χ2v) is 30.8. The third-order valence-electron chi connectivity index (χ3n) is 25.3. The van der Waals surface area contributed by atoms with Gasteiger partial charge in [-0.1, -0.05) is 142 Å². The van der Waals surface area contributed by atoms with Crippen molar-refractivity contribution in [2.24, 2.45) is 100 Å². The zero-order chi connectivity index (χ0) is 59.3. The molecule has 10 rings (SSSR count). The summed E-state index contributed by atoms with van der Waals surface area (Å²) in [5.41, 5.74) is -0.349. The summed E-state index contributed by atoms with van der Waals surface area (Å²) in [6.45, 7) is 49.2. The standard InChI is InChI=1S/C35H49NO4.C31H43NO3.2CH4/c1-10-11-27(38)40-21-35-16-14-30(2,3)19-22(35)28-24(37)18-26-32(6)20-23(36-9)29(39)31(4,5)25(32)12-13-33(26,7)34(28,8)15-17-35;1-26(2)11-13-31(18-33)14-12-30(7)24(19(31)16-26)21(34)15-23-28(5)17-20(32-8)25(35)27(3,4)22(28)9-10-29(23,30)6;;/h18,20,22,25,28H,10-17,19,21H2,1-8H3;15,17,19,22,24,33H,9-14,16,18H2,1-7H3;2*1H4/t22-,25-,28-,32-,33+,34+,35+;19-,22-,24-,28-,29+,30+,31+;;/m00../s1/i;;2*1T. The lowest BCUT2D eigenvalue weighted by molar-refractivity contribution is -0.185. The quantitative estimate of drug-likeness (QED) is 0.215. The number of Topliss-reactive ketones (excluding diaryl/α,β-unsaturated/α-hetero) is 2. The lowest BCUT2D eigenvalue weighted by atomic mass is 9.34. The zero-order valence-electron chi connectivity index (χ0n) is 52.8. The number of allylic oxidation sites excluding steroid dienone is 8. The first-order valence-corrected chi connectivity index (χ1v) is 29.2. The second kappa shape index (κ2) is 19.1. The maximum Gasteiger partial charge on any atom is 0.305 e. The van der Waals surface area contributed by atoms with Crippen LogP contribution in [0.1, 0.15) is 224 Å². The van der Waals surface area contributed by atoms with Crippen molar-refractivity contribution in [1.29, 1.82) is 0 Å².